The minimum absolute atomic E-state index is 0.0302. The van der Waals surface area contributed by atoms with Crippen molar-refractivity contribution >= 4 is 31.3 Å². The summed E-state index contributed by atoms with van der Waals surface area (Å²) in [6, 6.07) is 5.37. The molecule has 0 aliphatic heterocycles. The van der Waals surface area contributed by atoms with Gasteiger partial charge < -0.3 is 0 Å². The quantitative estimate of drug-likeness (QED) is 0.721. The third kappa shape index (κ3) is 4.47. The monoisotopic (exact) mass is 324 g/mol. The van der Waals surface area contributed by atoms with E-state index in [4.69, 9.17) is 11.6 Å². The number of sulfone groups is 2. The molecular formula is C12H17ClO4S2. The lowest BCUT2D eigenvalue weighted by molar-refractivity contribution is 0.591. The first kappa shape index (κ1) is 16.5. The van der Waals surface area contributed by atoms with Crippen LogP contribution in [0.5, 0.6) is 0 Å². The lowest BCUT2D eigenvalue weighted by Gasteiger charge is -2.06. The highest BCUT2D eigenvalue weighted by molar-refractivity contribution is 7.91. The molecule has 1 rings (SSSR count). The van der Waals surface area contributed by atoms with E-state index >= 15 is 0 Å². The highest BCUT2D eigenvalue weighted by atomic mass is 35.5. The summed E-state index contributed by atoms with van der Waals surface area (Å²) in [7, 11) is -6.68. The second-order valence-electron chi connectivity index (χ2n) is 4.15. The Morgan fingerprint density at radius 2 is 1.32 bits per heavy atom. The van der Waals surface area contributed by atoms with Gasteiger partial charge in [0.25, 0.3) is 0 Å². The Kier molecular flexibility index (Phi) is 5.82. The smallest absolute Gasteiger partial charge is 0.178 e. The second-order valence-corrected chi connectivity index (χ2v) is 8.75. The summed E-state index contributed by atoms with van der Waals surface area (Å²) in [5.41, 5.74) is 0. The molecule has 0 bridgehead atoms. The van der Waals surface area contributed by atoms with Crippen molar-refractivity contribution in [1.29, 1.82) is 0 Å². The SMILES string of the molecule is CCCS(=O)(=O)c1ccc(S(=O)(=O)CCCCl)cc1. The van der Waals surface area contributed by atoms with Crippen LogP contribution in [0.4, 0.5) is 0 Å². The number of alkyl halides is 1. The first-order valence-corrected chi connectivity index (χ1v) is 9.79. The topological polar surface area (TPSA) is 68.3 Å². The largest absolute Gasteiger partial charge is 0.224 e. The summed E-state index contributed by atoms with van der Waals surface area (Å²) >= 11 is 5.47. The third-order valence-corrected chi connectivity index (χ3v) is 6.58. The average molecular weight is 325 g/mol. The minimum Gasteiger partial charge on any atom is -0.224 e. The lowest BCUT2D eigenvalue weighted by atomic mass is 10.4. The summed E-state index contributed by atoms with van der Waals surface area (Å²) in [5, 5.41) is 0. The maximum Gasteiger partial charge on any atom is 0.178 e. The molecule has 1 aromatic carbocycles. The van der Waals surface area contributed by atoms with Crippen LogP contribution in [0.25, 0.3) is 0 Å². The van der Waals surface area contributed by atoms with Gasteiger partial charge in [0, 0.05) is 5.88 Å². The van der Waals surface area contributed by atoms with Gasteiger partial charge in [0.2, 0.25) is 0 Å². The van der Waals surface area contributed by atoms with Crippen LogP contribution in [-0.4, -0.2) is 34.2 Å². The maximum atomic E-state index is 11.9. The molecular weight excluding hydrogens is 308 g/mol. The molecule has 0 saturated carbocycles. The molecule has 0 N–H and O–H groups in total. The predicted molar refractivity (Wildman–Crippen MR) is 76.2 cm³/mol. The van der Waals surface area contributed by atoms with Gasteiger partial charge in [0.05, 0.1) is 21.3 Å². The van der Waals surface area contributed by atoms with Gasteiger partial charge in [-0.05, 0) is 37.1 Å². The summed E-state index contributed by atoms with van der Waals surface area (Å²) in [5.74, 6) is 0.311. The zero-order chi connectivity index (χ0) is 14.5. The van der Waals surface area contributed by atoms with E-state index in [-0.39, 0.29) is 27.2 Å². The molecule has 108 valence electrons. The zero-order valence-electron chi connectivity index (χ0n) is 10.7. The van der Waals surface area contributed by atoms with Crippen molar-refractivity contribution in [2.24, 2.45) is 0 Å². The van der Waals surface area contributed by atoms with E-state index in [0.717, 1.165) is 0 Å². The number of benzene rings is 1. The number of rotatable bonds is 7. The van der Waals surface area contributed by atoms with Gasteiger partial charge >= 0.3 is 0 Å². The fourth-order valence-corrected chi connectivity index (χ4v) is 4.53. The van der Waals surface area contributed by atoms with Crippen molar-refractivity contribution in [3.05, 3.63) is 24.3 Å². The maximum absolute atomic E-state index is 11.9. The van der Waals surface area contributed by atoms with E-state index in [9.17, 15) is 16.8 Å². The van der Waals surface area contributed by atoms with Crippen LogP contribution < -0.4 is 0 Å². The van der Waals surface area contributed by atoms with Crippen molar-refractivity contribution in [3.63, 3.8) is 0 Å². The Morgan fingerprint density at radius 1 is 0.895 bits per heavy atom. The molecule has 0 unspecified atom stereocenters. The average Bonchev–Trinajstić information content (AvgIpc) is 2.36. The minimum atomic E-state index is -3.38. The van der Waals surface area contributed by atoms with Crippen LogP contribution in [0.1, 0.15) is 19.8 Å². The van der Waals surface area contributed by atoms with Crippen molar-refractivity contribution in [2.45, 2.75) is 29.6 Å². The van der Waals surface area contributed by atoms with Crippen molar-refractivity contribution < 1.29 is 16.8 Å². The molecule has 0 fully saturated rings. The summed E-state index contributed by atoms with van der Waals surface area (Å²) < 4.78 is 47.3. The highest BCUT2D eigenvalue weighted by Crippen LogP contribution is 2.17. The molecule has 0 atom stereocenters. The molecule has 0 spiro atoms. The molecule has 0 amide bonds. The summed E-state index contributed by atoms with van der Waals surface area (Å²) in [6.45, 7) is 1.78. The van der Waals surface area contributed by atoms with Gasteiger partial charge in [-0.2, -0.15) is 0 Å². The Balaban J connectivity index is 3.00. The van der Waals surface area contributed by atoms with E-state index in [1.807, 2.05) is 0 Å². The van der Waals surface area contributed by atoms with Gasteiger partial charge in [-0.15, -0.1) is 11.6 Å². The van der Waals surface area contributed by atoms with Crippen molar-refractivity contribution in [1.82, 2.24) is 0 Å². The van der Waals surface area contributed by atoms with E-state index in [0.29, 0.717) is 12.8 Å². The number of hydrogen-bond acceptors (Lipinski definition) is 4. The van der Waals surface area contributed by atoms with Gasteiger partial charge in [-0.1, -0.05) is 6.92 Å². The first-order chi connectivity index (χ1) is 8.83. The lowest BCUT2D eigenvalue weighted by Crippen LogP contribution is -2.09. The van der Waals surface area contributed by atoms with Crippen molar-refractivity contribution in [2.75, 3.05) is 17.4 Å². The Bertz CT molecular complexity index is 604. The zero-order valence-corrected chi connectivity index (χ0v) is 13.1. The van der Waals surface area contributed by atoms with E-state index in [1.54, 1.807) is 6.92 Å². The standard InChI is InChI=1S/C12H17ClO4S2/c1-2-9-18(14,15)11-4-6-12(7-5-11)19(16,17)10-3-8-13/h4-7H,2-3,8-10H2,1H3. The Labute approximate surface area is 119 Å². The number of halogens is 1. The van der Waals surface area contributed by atoms with Crippen LogP contribution >= 0.6 is 11.6 Å². The normalized spacial score (nSPS) is 12.5. The molecule has 0 radical (unpaired) electrons. The molecule has 0 aliphatic rings. The fraction of sp³-hybridized carbons (Fsp3) is 0.500. The molecule has 1 aromatic rings. The van der Waals surface area contributed by atoms with E-state index in [2.05, 4.69) is 0 Å². The predicted octanol–water partition coefficient (Wildman–Crippen LogP) is 2.27. The Hall–Kier alpha value is -0.590. The van der Waals surface area contributed by atoms with Crippen LogP contribution in [0.15, 0.2) is 34.1 Å². The van der Waals surface area contributed by atoms with E-state index < -0.39 is 19.7 Å². The first-order valence-electron chi connectivity index (χ1n) is 5.95. The summed E-state index contributed by atoms with van der Waals surface area (Å²) in [6.07, 6.45) is 0.901. The second kappa shape index (κ2) is 6.72. The third-order valence-electron chi connectivity index (χ3n) is 2.56. The van der Waals surface area contributed by atoms with Crippen LogP contribution in [0, 0.1) is 0 Å². The van der Waals surface area contributed by atoms with Crippen molar-refractivity contribution in [3.8, 4) is 0 Å². The Morgan fingerprint density at radius 3 is 1.68 bits per heavy atom. The fourth-order valence-electron chi connectivity index (χ4n) is 1.60. The highest BCUT2D eigenvalue weighted by Gasteiger charge is 2.17. The van der Waals surface area contributed by atoms with Gasteiger partial charge in [0.15, 0.2) is 19.7 Å². The molecule has 19 heavy (non-hydrogen) atoms. The van der Waals surface area contributed by atoms with Crippen LogP contribution in [0.2, 0.25) is 0 Å². The summed E-state index contributed by atoms with van der Waals surface area (Å²) in [4.78, 5) is 0.290. The molecule has 0 aromatic heterocycles. The molecule has 4 nitrogen and oxygen atoms in total. The molecule has 0 heterocycles. The molecule has 0 saturated heterocycles. The van der Waals surface area contributed by atoms with Crippen LogP contribution in [0.3, 0.4) is 0 Å². The van der Waals surface area contributed by atoms with Gasteiger partial charge in [0.1, 0.15) is 0 Å². The van der Waals surface area contributed by atoms with E-state index in [1.165, 1.54) is 24.3 Å². The number of hydrogen-bond donors (Lipinski definition) is 0. The van der Waals surface area contributed by atoms with Gasteiger partial charge in [-0.25, -0.2) is 16.8 Å². The molecule has 0 aliphatic carbocycles. The molecule has 7 heteroatoms. The van der Waals surface area contributed by atoms with Gasteiger partial charge in [-0.3, -0.25) is 0 Å². The van der Waals surface area contributed by atoms with Crippen LogP contribution in [-0.2, 0) is 19.7 Å².